The first-order valence-electron chi connectivity index (χ1n) is 6.10. The van der Waals surface area contributed by atoms with Gasteiger partial charge in [0, 0.05) is 29.8 Å². The number of guanidine groups is 1. The molecule has 2 N–H and O–H groups in total. The van der Waals surface area contributed by atoms with Gasteiger partial charge in [0.15, 0.2) is 5.96 Å². The molecule has 0 aliphatic carbocycles. The van der Waals surface area contributed by atoms with E-state index in [4.69, 9.17) is 5.73 Å². The van der Waals surface area contributed by atoms with Crippen LogP contribution >= 0.6 is 47.5 Å². The van der Waals surface area contributed by atoms with Crippen LogP contribution in [0.3, 0.4) is 0 Å². The van der Waals surface area contributed by atoms with Crippen LogP contribution < -0.4 is 5.73 Å². The molecule has 1 saturated heterocycles. The maximum Gasteiger partial charge on any atom is 0.191 e. The summed E-state index contributed by atoms with van der Waals surface area (Å²) < 4.78 is 0. The van der Waals surface area contributed by atoms with Gasteiger partial charge in [-0.15, -0.1) is 24.0 Å². The van der Waals surface area contributed by atoms with E-state index < -0.39 is 0 Å². The van der Waals surface area contributed by atoms with Crippen LogP contribution in [0.25, 0.3) is 0 Å². The van der Waals surface area contributed by atoms with Crippen molar-refractivity contribution in [1.29, 1.82) is 0 Å². The van der Waals surface area contributed by atoms with E-state index in [1.807, 2.05) is 23.5 Å². The molecule has 3 nitrogen and oxygen atoms in total. The first-order valence-corrected chi connectivity index (χ1v) is 8.55. The van der Waals surface area contributed by atoms with Crippen molar-refractivity contribution >= 4 is 53.5 Å². The van der Waals surface area contributed by atoms with Gasteiger partial charge in [-0.2, -0.15) is 23.5 Å². The molecule has 1 fully saturated rings. The Kier molecular flexibility index (Phi) is 9.13. The molecular weight excluding hydrogens is 377 g/mol. The Hall–Kier alpha value is 0.700. The average molecular weight is 403 g/mol. The standard InChI is InChI=1S/C12H25N3S2.HI/c1-12(2,3)10(16-4)9-14-11(13)15-5-7-17-8-6-15;/h10H,5-9H2,1-4H3,(H2,13,14);1H. The highest BCUT2D eigenvalue weighted by atomic mass is 127. The third-order valence-electron chi connectivity index (χ3n) is 3.00. The van der Waals surface area contributed by atoms with E-state index in [2.05, 4.69) is 36.9 Å². The van der Waals surface area contributed by atoms with Crippen molar-refractivity contribution in [3.63, 3.8) is 0 Å². The van der Waals surface area contributed by atoms with Crippen molar-refractivity contribution < 1.29 is 0 Å². The molecule has 0 aromatic carbocycles. The maximum atomic E-state index is 6.05. The number of nitrogens with two attached hydrogens (primary N) is 1. The van der Waals surface area contributed by atoms with E-state index in [-0.39, 0.29) is 29.4 Å². The largest absolute Gasteiger partial charge is 0.370 e. The molecule has 108 valence electrons. The number of rotatable bonds is 3. The molecule has 0 amide bonds. The van der Waals surface area contributed by atoms with Gasteiger partial charge >= 0.3 is 0 Å². The third-order valence-corrected chi connectivity index (χ3v) is 5.37. The molecule has 1 rings (SSSR count). The number of thioether (sulfide) groups is 2. The van der Waals surface area contributed by atoms with E-state index in [0.29, 0.717) is 5.25 Å². The Morgan fingerprint density at radius 3 is 2.39 bits per heavy atom. The van der Waals surface area contributed by atoms with Crippen molar-refractivity contribution in [2.75, 3.05) is 37.4 Å². The predicted octanol–water partition coefficient (Wildman–Crippen LogP) is 2.75. The van der Waals surface area contributed by atoms with Crippen molar-refractivity contribution in [3.8, 4) is 0 Å². The summed E-state index contributed by atoms with van der Waals surface area (Å²) in [5.41, 5.74) is 6.33. The van der Waals surface area contributed by atoms with Crippen molar-refractivity contribution in [1.82, 2.24) is 4.90 Å². The Morgan fingerprint density at radius 2 is 1.94 bits per heavy atom. The fraction of sp³-hybridized carbons (Fsp3) is 0.917. The Bertz CT molecular complexity index is 261. The minimum Gasteiger partial charge on any atom is -0.370 e. The number of halogens is 1. The molecule has 1 unspecified atom stereocenters. The number of nitrogens with zero attached hydrogens (tertiary/aromatic N) is 2. The predicted molar refractivity (Wildman–Crippen MR) is 97.6 cm³/mol. The molecule has 6 heteroatoms. The lowest BCUT2D eigenvalue weighted by atomic mass is 9.92. The van der Waals surface area contributed by atoms with Crippen LogP contribution in [-0.4, -0.2) is 53.5 Å². The zero-order valence-corrected chi connectivity index (χ0v) is 15.8. The molecule has 18 heavy (non-hydrogen) atoms. The van der Waals surface area contributed by atoms with Crippen molar-refractivity contribution in [2.24, 2.45) is 16.1 Å². The minimum atomic E-state index is 0. The van der Waals surface area contributed by atoms with E-state index in [0.717, 1.165) is 25.6 Å². The van der Waals surface area contributed by atoms with Gasteiger partial charge in [0.1, 0.15) is 0 Å². The first-order chi connectivity index (χ1) is 7.95. The van der Waals surface area contributed by atoms with E-state index in [1.165, 1.54) is 11.5 Å². The van der Waals surface area contributed by atoms with E-state index in [9.17, 15) is 0 Å². The van der Waals surface area contributed by atoms with Crippen LogP contribution in [0.15, 0.2) is 4.99 Å². The highest BCUT2D eigenvalue weighted by Crippen LogP contribution is 2.28. The molecule has 1 atom stereocenters. The number of aliphatic imine (C=N–C) groups is 1. The summed E-state index contributed by atoms with van der Waals surface area (Å²) in [5.74, 6) is 3.07. The minimum absolute atomic E-state index is 0. The average Bonchev–Trinajstić information content (AvgIpc) is 2.29. The molecule has 1 aliphatic rings. The summed E-state index contributed by atoms with van der Waals surface area (Å²) in [7, 11) is 0. The smallest absolute Gasteiger partial charge is 0.191 e. The van der Waals surface area contributed by atoms with Crippen molar-refractivity contribution in [3.05, 3.63) is 0 Å². The van der Waals surface area contributed by atoms with E-state index >= 15 is 0 Å². The molecule has 1 aliphatic heterocycles. The molecular formula is C12H26IN3S2. The summed E-state index contributed by atoms with van der Waals surface area (Å²) in [5, 5.41) is 0.528. The summed E-state index contributed by atoms with van der Waals surface area (Å²) in [6, 6.07) is 0. The number of hydrogen-bond acceptors (Lipinski definition) is 3. The fourth-order valence-electron chi connectivity index (χ4n) is 1.77. The zero-order valence-electron chi connectivity index (χ0n) is 11.8. The first kappa shape index (κ1) is 18.7. The van der Waals surface area contributed by atoms with Crippen LogP contribution in [0.5, 0.6) is 0 Å². The van der Waals surface area contributed by atoms with Gasteiger partial charge in [0.05, 0.1) is 6.54 Å². The summed E-state index contributed by atoms with van der Waals surface area (Å²) in [6.45, 7) is 9.69. The van der Waals surface area contributed by atoms with Gasteiger partial charge in [-0.3, -0.25) is 4.99 Å². The highest BCUT2D eigenvalue weighted by molar-refractivity contribution is 14.0. The Morgan fingerprint density at radius 1 is 1.39 bits per heavy atom. The summed E-state index contributed by atoms with van der Waals surface area (Å²) >= 11 is 3.87. The van der Waals surface area contributed by atoms with Gasteiger partial charge in [-0.25, -0.2) is 0 Å². The normalized spacial score (nSPS) is 19.3. The lowest BCUT2D eigenvalue weighted by Crippen LogP contribution is -2.43. The summed E-state index contributed by atoms with van der Waals surface area (Å²) in [6.07, 6.45) is 2.15. The van der Waals surface area contributed by atoms with Crippen molar-refractivity contribution in [2.45, 2.75) is 26.0 Å². The summed E-state index contributed by atoms with van der Waals surface area (Å²) in [4.78, 5) is 6.78. The second-order valence-corrected chi connectivity index (χ2v) is 7.65. The molecule has 0 bridgehead atoms. The molecule has 1 heterocycles. The van der Waals surface area contributed by atoms with Gasteiger partial charge < -0.3 is 10.6 Å². The second kappa shape index (κ2) is 8.79. The molecule has 0 aromatic heterocycles. The van der Waals surface area contributed by atoms with Gasteiger partial charge in [-0.05, 0) is 11.7 Å². The monoisotopic (exact) mass is 403 g/mol. The Labute approximate surface area is 137 Å². The zero-order chi connectivity index (χ0) is 12.9. The lowest BCUT2D eigenvalue weighted by Gasteiger charge is -2.30. The lowest BCUT2D eigenvalue weighted by molar-refractivity contribution is 0.396. The molecule has 0 saturated carbocycles. The van der Waals surface area contributed by atoms with Crippen LogP contribution in [-0.2, 0) is 0 Å². The quantitative estimate of drug-likeness (QED) is 0.447. The molecule has 0 radical (unpaired) electrons. The topological polar surface area (TPSA) is 41.6 Å². The van der Waals surface area contributed by atoms with Gasteiger partial charge in [0.2, 0.25) is 0 Å². The maximum absolute atomic E-state index is 6.05. The highest BCUT2D eigenvalue weighted by Gasteiger charge is 2.23. The second-order valence-electron chi connectivity index (χ2n) is 5.39. The van der Waals surface area contributed by atoms with Crippen LogP contribution in [0, 0.1) is 5.41 Å². The van der Waals surface area contributed by atoms with Gasteiger partial charge in [-0.1, -0.05) is 20.8 Å². The Balaban J connectivity index is 0.00000289. The SMILES string of the molecule is CSC(CN=C(N)N1CCSCC1)C(C)(C)C.I. The van der Waals surface area contributed by atoms with Crippen LogP contribution in [0.2, 0.25) is 0 Å². The third kappa shape index (κ3) is 6.23. The van der Waals surface area contributed by atoms with Gasteiger partial charge in [0.25, 0.3) is 0 Å². The van der Waals surface area contributed by atoms with Crippen LogP contribution in [0.4, 0.5) is 0 Å². The molecule has 0 aromatic rings. The molecule has 0 spiro atoms. The van der Waals surface area contributed by atoms with E-state index in [1.54, 1.807) is 0 Å². The fourth-order valence-corrected chi connectivity index (χ4v) is 3.60. The van der Waals surface area contributed by atoms with Crippen LogP contribution in [0.1, 0.15) is 20.8 Å². The number of hydrogen-bond donors (Lipinski definition) is 1.